The van der Waals surface area contributed by atoms with Gasteiger partial charge in [0, 0.05) is 25.2 Å². The van der Waals surface area contributed by atoms with Crippen LogP contribution < -0.4 is 10.6 Å². The molecule has 1 saturated carbocycles. The van der Waals surface area contributed by atoms with Crippen molar-refractivity contribution in [2.75, 3.05) is 18.8 Å². The topological polar surface area (TPSA) is 24.1 Å². The predicted octanol–water partition coefficient (Wildman–Crippen LogP) is 1.04. The molecule has 2 N–H and O–H groups in total. The first kappa shape index (κ1) is 9.81. The first-order chi connectivity index (χ1) is 6.40. The Balaban J connectivity index is 1.91. The van der Waals surface area contributed by atoms with Gasteiger partial charge in [0.2, 0.25) is 0 Å². The molecule has 0 bridgehead atoms. The molecule has 3 heteroatoms. The van der Waals surface area contributed by atoms with E-state index >= 15 is 0 Å². The number of hydrogen-bond donors (Lipinski definition) is 3. The Hall–Kier alpha value is 0.270. The van der Waals surface area contributed by atoms with Gasteiger partial charge in [-0.15, -0.1) is 0 Å². The second-order valence-electron chi connectivity index (χ2n) is 4.36. The van der Waals surface area contributed by atoms with Gasteiger partial charge in [-0.2, -0.15) is 12.6 Å². The Kier molecular flexibility index (Phi) is 3.52. The standard InChI is InChI=1S/C10H20N2S/c13-7-8-5-11-9-3-1-2-4-10(9)12-6-8/h8-13H,1-7H2/t9-,10-/m1/s1. The molecule has 0 aromatic carbocycles. The molecule has 0 spiro atoms. The lowest BCUT2D eigenvalue weighted by Gasteiger charge is -2.30. The monoisotopic (exact) mass is 200 g/mol. The summed E-state index contributed by atoms with van der Waals surface area (Å²) in [6, 6.07) is 1.47. The molecule has 0 aromatic rings. The molecular formula is C10H20N2S. The zero-order valence-electron chi connectivity index (χ0n) is 8.13. The summed E-state index contributed by atoms with van der Waals surface area (Å²) in [4.78, 5) is 0. The van der Waals surface area contributed by atoms with Gasteiger partial charge in [0.1, 0.15) is 0 Å². The molecule has 1 aliphatic carbocycles. The van der Waals surface area contributed by atoms with E-state index in [1.807, 2.05) is 0 Å². The molecule has 1 saturated heterocycles. The molecule has 0 aromatic heterocycles. The largest absolute Gasteiger partial charge is 0.312 e. The maximum absolute atomic E-state index is 4.36. The van der Waals surface area contributed by atoms with Gasteiger partial charge in [-0.3, -0.25) is 0 Å². The summed E-state index contributed by atoms with van der Waals surface area (Å²) in [6.07, 6.45) is 5.52. The average Bonchev–Trinajstić information content (AvgIpc) is 2.39. The zero-order chi connectivity index (χ0) is 9.10. The van der Waals surface area contributed by atoms with Gasteiger partial charge >= 0.3 is 0 Å². The van der Waals surface area contributed by atoms with E-state index in [9.17, 15) is 0 Å². The van der Waals surface area contributed by atoms with Gasteiger partial charge < -0.3 is 10.6 Å². The van der Waals surface area contributed by atoms with Crippen LogP contribution in [0.15, 0.2) is 0 Å². The number of rotatable bonds is 1. The highest BCUT2D eigenvalue weighted by atomic mass is 32.1. The average molecular weight is 200 g/mol. The molecule has 76 valence electrons. The van der Waals surface area contributed by atoms with Crippen LogP contribution in [0.1, 0.15) is 25.7 Å². The number of thiol groups is 1. The van der Waals surface area contributed by atoms with E-state index in [1.54, 1.807) is 0 Å². The summed E-state index contributed by atoms with van der Waals surface area (Å²) in [5.41, 5.74) is 0. The number of fused-ring (bicyclic) bond motifs is 1. The molecule has 13 heavy (non-hydrogen) atoms. The first-order valence-corrected chi connectivity index (χ1v) is 6.11. The molecular weight excluding hydrogens is 180 g/mol. The van der Waals surface area contributed by atoms with Gasteiger partial charge in [-0.05, 0) is 24.5 Å². The zero-order valence-corrected chi connectivity index (χ0v) is 9.02. The van der Waals surface area contributed by atoms with E-state index < -0.39 is 0 Å². The van der Waals surface area contributed by atoms with Gasteiger partial charge in [0.15, 0.2) is 0 Å². The molecule has 1 aliphatic heterocycles. The Morgan fingerprint density at radius 1 is 1.00 bits per heavy atom. The minimum atomic E-state index is 0.717. The van der Waals surface area contributed by atoms with Crippen molar-refractivity contribution in [1.29, 1.82) is 0 Å². The third-order valence-electron chi connectivity index (χ3n) is 3.36. The Labute approximate surface area is 86.3 Å². The van der Waals surface area contributed by atoms with Crippen LogP contribution in [-0.2, 0) is 0 Å². The quantitative estimate of drug-likeness (QED) is 0.551. The van der Waals surface area contributed by atoms with Crippen LogP contribution in [0.2, 0.25) is 0 Å². The van der Waals surface area contributed by atoms with E-state index in [1.165, 1.54) is 25.7 Å². The molecule has 2 fully saturated rings. The fourth-order valence-corrected chi connectivity index (χ4v) is 2.72. The Bertz CT molecular complexity index is 147. The van der Waals surface area contributed by atoms with E-state index in [0.717, 1.165) is 30.9 Å². The third-order valence-corrected chi connectivity index (χ3v) is 3.88. The van der Waals surface area contributed by atoms with Crippen LogP contribution in [0.25, 0.3) is 0 Å². The summed E-state index contributed by atoms with van der Waals surface area (Å²) in [7, 11) is 0. The van der Waals surface area contributed by atoms with Crippen LogP contribution in [0.3, 0.4) is 0 Å². The Morgan fingerprint density at radius 3 is 2.00 bits per heavy atom. The molecule has 2 nitrogen and oxygen atoms in total. The fourth-order valence-electron chi connectivity index (χ4n) is 2.46. The second-order valence-corrected chi connectivity index (χ2v) is 4.73. The SMILES string of the molecule is SCC1CN[C@@H]2CCCC[C@H]2NC1. The van der Waals surface area contributed by atoms with Crippen LogP contribution in [0, 0.1) is 5.92 Å². The predicted molar refractivity (Wildman–Crippen MR) is 59.4 cm³/mol. The summed E-state index contributed by atoms with van der Waals surface area (Å²) in [5.74, 6) is 1.72. The van der Waals surface area contributed by atoms with Crippen molar-refractivity contribution < 1.29 is 0 Å². The van der Waals surface area contributed by atoms with Crippen LogP contribution in [0.5, 0.6) is 0 Å². The van der Waals surface area contributed by atoms with Gasteiger partial charge in [0.05, 0.1) is 0 Å². The van der Waals surface area contributed by atoms with E-state index in [-0.39, 0.29) is 0 Å². The minimum Gasteiger partial charge on any atom is -0.312 e. The molecule has 2 aliphatic rings. The minimum absolute atomic E-state index is 0.717. The fraction of sp³-hybridized carbons (Fsp3) is 1.00. The lowest BCUT2D eigenvalue weighted by Crippen LogP contribution is -2.47. The number of hydrogen-bond acceptors (Lipinski definition) is 3. The Morgan fingerprint density at radius 2 is 1.54 bits per heavy atom. The van der Waals surface area contributed by atoms with Crippen molar-refractivity contribution in [1.82, 2.24) is 10.6 Å². The molecule has 0 unspecified atom stereocenters. The maximum Gasteiger partial charge on any atom is 0.0221 e. The maximum atomic E-state index is 4.36. The van der Waals surface area contributed by atoms with Crippen molar-refractivity contribution in [2.45, 2.75) is 37.8 Å². The van der Waals surface area contributed by atoms with E-state index in [2.05, 4.69) is 23.3 Å². The number of nitrogens with one attached hydrogen (secondary N) is 2. The van der Waals surface area contributed by atoms with Crippen molar-refractivity contribution in [3.05, 3.63) is 0 Å². The van der Waals surface area contributed by atoms with Gasteiger partial charge in [0.25, 0.3) is 0 Å². The van der Waals surface area contributed by atoms with Crippen molar-refractivity contribution in [2.24, 2.45) is 5.92 Å². The van der Waals surface area contributed by atoms with Crippen LogP contribution in [-0.4, -0.2) is 30.9 Å². The summed E-state index contributed by atoms with van der Waals surface area (Å²) in [6.45, 7) is 2.30. The molecule has 1 heterocycles. The van der Waals surface area contributed by atoms with E-state index in [0.29, 0.717) is 5.92 Å². The summed E-state index contributed by atoms with van der Waals surface area (Å²) < 4.78 is 0. The molecule has 2 rings (SSSR count). The lowest BCUT2D eigenvalue weighted by atomic mass is 9.91. The molecule has 0 amide bonds. The second kappa shape index (κ2) is 4.67. The van der Waals surface area contributed by atoms with Crippen molar-refractivity contribution >= 4 is 12.6 Å². The molecule has 2 atom stereocenters. The van der Waals surface area contributed by atoms with Crippen LogP contribution >= 0.6 is 12.6 Å². The highest BCUT2D eigenvalue weighted by molar-refractivity contribution is 7.80. The van der Waals surface area contributed by atoms with E-state index in [4.69, 9.17) is 0 Å². The lowest BCUT2D eigenvalue weighted by molar-refractivity contribution is 0.309. The highest BCUT2D eigenvalue weighted by Gasteiger charge is 2.27. The first-order valence-electron chi connectivity index (χ1n) is 5.48. The molecule has 0 radical (unpaired) electrons. The van der Waals surface area contributed by atoms with Crippen molar-refractivity contribution in [3.63, 3.8) is 0 Å². The normalized spacial score (nSPS) is 36.7. The third kappa shape index (κ3) is 2.39. The van der Waals surface area contributed by atoms with Gasteiger partial charge in [-0.25, -0.2) is 0 Å². The van der Waals surface area contributed by atoms with Crippen molar-refractivity contribution in [3.8, 4) is 0 Å². The summed E-state index contributed by atoms with van der Waals surface area (Å²) in [5, 5.41) is 7.35. The van der Waals surface area contributed by atoms with Crippen LogP contribution in [0.4, 0.5) is 0 Å². The summed E-state index contributed by atoms with van der Waals surface area (Å²) >= 11 is 4.36. The van der Waals surface area contributed by atoms with Gasteiger partial charge in [-0.1, -0.05) is 12.8 Å². The highest BCUT2D eigenvalue weighted by Crippen LogP contribution is 2.20. The smallest absolute Gasteiger partial charge is 0.0221 e.